The van der Waals surface area contributed by atoms with Crippen LogP contribution in [0.25, 0.3) is 0 Å². The Labute approximate surface area is 88.5 Å². The summed E-state index contributed by atoms with van der Waals surface area (Å²) in [6, 6.07) is 9.42. The molecule has 0 N–H and O–H groups in total. The quantitative estimate of drug-likeness (QED) is 0.713. The molecule has 2 nitrogen and oxygen atoms in total. The van der Waals surface area contributed by atoms with Crippen LogP contribution in [0.4, 0.5) is 0 Å². The molecule has 2 heteroatoms. The number of rotatable bonds is 3. The Morgan fingerprint density at radius 1 is 1.20 bits per heavy atom. The summed E-state index contributed by atoms with van der Waals surface area (Å²) >= 11 is 0. The van der Waals surface area contributed by atoms with Gasteiger partial charge in [0.15, 0.2) is 5.78 Å². The van der Waals surface area contributed by atoms with Gasteiger partial charge in [0.1, 0.15) is 0 Å². The SMILES string of the molecule is Cc1ccc(C(=O)Cc2ccoc2)cc1. The number of carbonyl (C=O) groups excluding carboxylic acids is 1. The van der Waals surface area contributed by atoms with Crippen molar-refractivity contribution in [2.75, 3.05) is 0 Å². The second-order valence-corrected chi connectivity index (χ2v) is 3.60. The number of aryl methyl sites for hydroxylation is 1. The van der Waals surface area contributed by atoms with E-state index in [-0.39, 0.29) is 5.78 Å². The maximum absolute atomic E-state index is 11.8. The summed E-state index contributed by atoms with van der Waals surface area (Å²) in [7, 11) is 0. The highest BCUT2D eigenvalue weighted by Gasteiger charge is 2.06. The van der Waals surface area contributed by atoms with Gasteiger partial charge in [0.05, 0.1) is 12.5 Å². The van der Waals surface area contributed by atoms with Gasteiger partial charge in [0.25, 0.3) is 0 Å². The third-order valence-corrected chi connectivity index (χ3v) is 2.32. The van der Waals surface area contributed by atoms with E-state index < -0.39 is 0 Å². The predicted molar refractivity (Wildman–Crippen MR) is 57.9 cm³/mol. The van der Waals surface area contributed by atoms with Crippen molar-refractivity contribution >= 4 is 5.78 Å². The highest BCUT2D eigenvalue weighted by atomic mass is 16.3. The average Bonchev–Trinajstić information content (AvgIpc) is 2.71. The van der Waals surface area contributed by atoms with E-state index in [4.69, 9.17) is 4.42 Å². The van der Waals surface area contributed by atoms with Crippen LogP contribution in [0.5, 0.6) is 0 Å². The van der Waals surface area contributed by atoms with Crippen LogP contribution in [-0.4, -0.2) is 5.78 Å². The molecule has 1 heterocycles. The van der Waals surface area contributed by atoms with Crippen LogP contribution < -0.4 is 0 Å². The van der Waals surface area contributed by atoms with Gasteiger partial charge in [0.2, 0.25) is 0 Å². The van der Waals surface area contributed by atoms with Gasteiger partial charge in [0, 0.05) is 12.0 Å². The van der Waals surface area contributed by atoms with Crippen LogP contribution in [-0.2, 0) is 6.42 Å². The third-order valence-electron chi connectivity index (χ3n) is 2.32. The molecule has 2 rings (SSSR count). The fourth-order valence-electron chi connectivity index (χ4n) is 1.42. The molecule has 0 unspecified atom stereocenters. The standard InChI is InChI=1S/C13H12O2/c1-10-2-4-12(5-3-10)13(14)8-11-6-7-15-9-11/h2-7,9H,8H2,1H3. The smallest absolute Gasteiger partial charge is 0.167 e. The zero-order valence-electron chi connectivity index (χ0n) is 8.57. The second-order valence-electron chi connectivity index (χ2n) is 3.60. The minimum Gasteiger partial charge on any atom is -0.472 e. The van der Waals surface area contributed by atoms with Crippen LogP contribution >= 0.6 is 0 Å². The van der Waals surface area contributed by atoms with Crippen molar-refractivity contribution in [3.63, 3.8) is 0 Å². The van der Waals surface area contributed by atoms with Crippen LogP contribution in [0.2, 0.25) is 0 Å². The molecule has 0 radical (unpaired) electrons. The summed E-state index contributed by atoms with van der Waals surface area (Å²) < 4.78 is 4.92. The molecule has 1 aromatic carbocycles. The third kappa shape index (κ3) is 2.34. The van der Waals surface area contributed by atoms with Crippen LogP contribution in [0.15, 0.2) is 47.3 Å². The first-order valence-corrected chi connectivity index (χ1v) is 4.86. The van der Waals surface area contributed by atoms with Gasteiger partial charge in [-0.25, -0.2) is 0 Å². The summed E-state index contributed by atoms with van der Waals surface area (Å²) in [5.74, 6) is 0.122. The fraction of sp³-hybridized carbons (Fsp3) is 0.154. The lowest BCUT2D eigenvalue weighted by atomic mass is 10.0. The molecule has 2 aromatic rings. The Kier molecular flexibility index (Phi) is 2.68. The van der Waals surface area contributed by atoms with Gasteiger partial charge in [-0.1, -0.05) is 29.8 Å². The molecule has 0 aliphatic carbocycles. The van der Waals surface area contributed by atoms with Crippen molar-refractivity contribution in [1.82, 2.24) is 0 Å². The molecule has 76 valence electrons. The van der Waals surface area contributed by atoms with Crippen molar-refractivity contribution in [1.29, 1.82) is 0 Å². The molecule has 0 aliphatic rings. The zero-order chi connectivity index (χ0) is 10.7. The average molecular weight is 200 g/mol. The number of benzene rings is 1. The van der Waals surface area contributed by atoms with Crippen molar-refractivity contribution in [2.45, 2.75) is 13.3 Å². The van der Waals surface area contributed by atoms with Crippen LogP contribution in [0.3, 0.4) is 0 Å². The van der Waals surface area contributed by atoms with Crippen LogP contribution in [0.1, 0.15) is 21.5 Å². The molecule has 0 fully saturated rings. The van der Waals surface area contributed by atoms with Crippen LogP contribution in [0, 0.1) is 6.92 Å². The van der Waals surface area contributed by atoms with Gasteiger partial charge >= 0.3 is 0 Å². The van der Waals surface area contributed by atoms with Crippen molar-refractivity contribution in [3.05, 3.63) is 59.5 Å². The number of carbonyl (C=O) groups is 1. The first-order valence-electron chi connectivity index (χ1n) is 4.86. The number of hydrogen-bond donors (Lipinski definition) is 0. The van der Waals surface area contributed by atoms with E-state index in [9.17, 15) is 4.79 Å². The summed E-state index contributed by atoms with van der Waals surface area (Å²) in [5.41, 5.74) is 2.83. The molecule has 0 saturated heterocycles. The van der Waals surface area contributed by atoms with E-state index in [0.717, 1.165) is 16.7 Å². The molecule has 0 bridgehead atoms. The fourth-order valence-corrected chi connectivity index (χ4v) is 1.42. The maximum atomic E-state index is 11.8. The van der Waals surface area contributed by atoms with E-state index in [1.807, 2.05) is 37.3 Å². The Morgan fingerprint density at radius 2 is 1.93 bits per heavy atom. The summed E-state index contributed by atoms with van der Waals surface area (Å²) in [4.78, 5) is 11.8. The number of furan rings is 1. The van der Waals surface area contributed by atoms with E-state index >= 15 is 0 Å². The van der Waals surface area contributed by atoms with Gasteiger partial charge < -0.3 is 4.42 Å². The van der Waals surface area contributed by atoms with E-state index in [1.165, 1.54) is 0 Å². The minimum absolute atomic E-state index is 0.122. The minimum atomic E-state index is 0.122. The first kappa shape index (κ1) is 9.71. The normalized spacial score (nSPS) is 10.2. The Hall–Kier alpha value is -1.83. The molecular formula is C13H12O2. The maximum Gasteiger partial charge on any atom is 0.167 e. The van der Waals surface area contributed by atoms with Gasteiger partial charge in [-0.05, 0) is 18.6 Å². The molecule has 0 atom stereocenters. The van der Waals surface area contributed by atoms with Gasteiger partial charge in [-0.15, -0.1) is 0 Å². The Bertz CT molecular complexity index is 438. The molecule has 1 aromatic heterocycles. The van der Waals surface area contributed by atoms with E-state index in [1.54, 1.807) is 12.5 Å². The van der Waals surface area contributed by atoms with Gasteiger partial charge in [-0.2, -0.15) is 0 Å². The highest BCUT2D eigenvalue weighted by molar-refractivity contribution is 5.97. The molecule has 0 aliphatic heterocycles. The largest absolute Gasteiger partial charge is 0.472 e. The topological polar surface area (TPSA) is 30.2 Å². The summed E-state index contributed by atoms with van der Waals surface area (Å²) in [6.45, 7) is 2.00. The molecule has 15 heavy (non-hydrogen) atoms. The summed E-state index contributed by atoms with van der Waals surface area (Å²) in [5, 5.41) is 0. The van der Waals surface area contributed by atoms with E-state index in [2.05, 4.69) is 0 Å². The van der Waals surface area contributed by atoms with Crippen molar-refractivity contribution in [3.8, 4) is 0 Å². The first-order chi connectivity index (χ1) is 7.25. The predicted octanol–water partition coefficient (Wildman–Crippen LogP) is 3.01. The molecule has 0 amide bonds. The lowest BCUT2D eigenvalue weighted by Gasteiger charge is -1.99. The molecule has 0 spiro atoms. The number of ketones is 1. The van der Waals surface area contributed by atoms with Gasteiger partial charge in [-0.3, -0.25) is 4.79 Å². The molecular weight excluding hydrogens is 188 g/mol. The Morgan fingerprint density at radius 3 is 2.53 bits per heavy atom. The second kappa shape index (κ2) is 4.13. The lowest BCUT2D eigenvalue weighted by Crippen LogP contribution is -2.02. The number of Topliss-reactive ketones (excluding diaryl/α,β-unsaturated/α-hetero) is 1. The number of hydrogen-bond acceptors (Lipinski definition) is 2. The summed E-state index contributed by atoms with van der Waals surface area (Å²) in [6.07, 6.45) is 3.59. The van der Waals surface area contributed by atoms with Crippen molar-refractivity contribution in [2.24, 2.45) is 0 Å². The molecule has 0 saturated carbocycles. The highest BCUT2D eigenvalue weighted by Crippen LogP contribution is 2.09. The lowest BCUT2D eigenvalue weighted by molar-refractivity contribution is 0.0993. The van der Waals surface area contributed by atoms with E-state index in [0.29, 0.717) is 6.42 Å². The van der Waals surface area contributed by atoms with Crippen molar-refractivity contribution < 1.29 is 9.21 Å². The zero-order valence-corrected chi connectivity index (χ0v) is 8.57. The Balaban J connectivity index is 2.11. The monoisotopic (exact) mass is 200 g/mol.